The Balaban J connectivity index is 2.94. The minimum absolute atomic E-state index is 0.0858. The van der Waals surface area contributed by atoms with Crippen LogP contribution < -0.4 is 0 Å². The van der Waals surface area contributed by atoms with E-state index >= 15 is 0 Å². The lowest BCUT2D eigenvalue weighted by Crippen LogP contribution is -2.14. The van der Waals surface area contributed by atoms with Gasteiger partial charge < -0.3 is 0 Å². The fourth-order valence-electron chi connectivity index (χ4n) is 1.79. The van der Waals surface area contributed by atoms with Crippen LogP contribution in [0, 0.1) is 0 Å². The maximum Gasteiger partial charge on any atom is 0.418 e. The second kappa shape index (κ2) is 5.08. The molecule has 0 fully saturated rings. The van der Waals surface area contributed by atoms with Crippen molar-refractivity contribution in [1.82, 2.24) is 0 Å². The molecule has 0 bridgehead atoms. The van der Waals surface area contributed by atoms with Gasteiger partial charge in [0.2, 0.25) is 0 Å². The van der Waals surface area contributed by atoms with Crippen LogP contribution in [0.25, 0.3) is 0 Å². The van der Waals surface area contributed by atoms with Crippen molar-refractivity contribution in [2.45, 2.75) is 45.1 Å². The summed E-state index contributed by atoms with van der Waals surface area (Å²) in [4.78, 5) is 0. The number of rotatable bonds is 3. The summed E-state index contributed by atoms with van der Waals surface area (Å²) in [6.07, 6.45) is 0.540. The SMILES string of the molecule is CCC(c1ccc(C(C)(C)C)cc1)[SiH](F)F. The highest BCUT2D eigenvalue weighted by atomic mass is 28.4. The zero-order valence-electron chi connectivity index (χ0n) is 10.4. The minimum atomic E-state index is -3.57. The van der Waals surface area contributed by atoms with E-state index < -0.39 is 15.0 Å². The molecule has 90 valence electrons. The summed E-state index contributed by atoms with van der Waals surface area (Å²) in [5, 5.41) is 0. The number of benzene rings is 1. The second-order valence-electron chi connectivity index (χ2n) is 5.22. The standard InChI is InChI=1S/C13H20F2Si/c1-5-12(16(14)15)10-6-8-11(9-7-10)13(2,3)4/h6-9,12,16H,5H2,1-4H3. The number of hydrogen-bond acceptors (Lipinski definition) is 0. The molecule has 0 saturated heterocycles. The van der Waals surface area contributed by atoms with Crippen LogP contribution >= 0.6 is 0 Å². The molecule has 0 nitrogen and oxygen atoms in total. The van der Waals surface area contributed by atoms with Crippen LogP contribution in [0.5, 0.6) is 0 Å². The summed E-state index contributed by atoms with van der Waals surface area (Å²) in [6.45, 7) is 8.21. The van der Waals surface area contributed by atoms with E-state index in [2.05, 4.69) is 20.8 Å². The normalized spacial score (nSPS) is 14.2. The molecule has 0 N–H and O–H groups in total. The topological polar surface area (TPSA) is 0 Å². The lowest BCUT2D eigenvalue weighted by Gasteiger charge is -2.20. The Kier molecular flexibility index (Phi) is 4.25. The summed E-state index contributed by atoms with van der Waals surface area (Å²) in [6, 6.07) is 7.70. The summed E-state index contributed by atoms with van der Waals surface area (Å²) < 4.78 is 25.7. The Hall–Kier alpha value is -0.703. The molecule has 16 heavy (non-hydrogen) atoms. The van der Waals surface area contributed by atoms with Crippen molar-refractivity contribution in [3.8, 4) is 0 Å². The Labute approximate surface area is 98.6 Å². The third kappa shape index (κ3) is 3.14. The van der Waals surface area contributed by atoms with Crippen molar-refractivity contribution >= 4 is 9.46 Å². The molecule has 1 atom stereocenters. The van der Waals surface area contributed by atoms with Gasteiger partial charge in [-0.05, 0) is 23.0 Å². The first-order chi connectivity index (χ1) is 7.36. The van der Waals surface area contributed by atoms with Gasteiger partial charge in [-0.3, -0.25) is 8.22 Å². The quantitative estimate of drug-likeness (QED) is 0.551. The first kappa shape index (κ1) is 13.4. The van der Waals surface area contributed by atoms with E-state index in [4.69, 9.17) is 0 Å². The average Bonchev–Trinajstić information content (AvgIpc) is 2.17. The number of halogens is 2. The summed E-state index contributed by atoms with van der Waals surface area (Å²) in [5.41, 5.74) is 1.59. The van der Waals surface area contributed by atoms with E-state index in [-0.39, 0.29) is 5.41 Å². The van der Waals surface area contributed by atoms with Crippen molar-refractivity contribution in [1.29, 1.82) is 0 Å². The predicted octanol–water partition coefficient (Wildman–Crippen LogP) is 4.18. The van der Waals surface area contributed by atoms with Crippen LogP contribution in [0.2, 0.25) is 0 Å². The van der Waals surface area contributed by atoms with Gasteiger partial charge >= 0.3 is 9.46 Å². The molecule has 0 aliphatic heterocycles. The molecule has 0 aliphatic carbocycles. The summed E-state index contributed by atoms with van der Waals surface area (Å²) >= 11 is 0. The predicted molar refractivity (Wildman–Crippen MR) is 67.5 cm³/mol. The molecule has 0 aliphatic rings. The van der Waals surface area contributed by atoms with Gasteiger partial charge in [0, 0.05) is 5.54 Å². The second-order valence-corrected chi connectivity index (χ2v) is 6.69. The zero-order valence-corrected chi connectivity index (χ0v) is 11.6. The van der Waals surface area contributed by atoms with E-state index in [1.807, 2.05) is 31.2 Å². The van der Waals surface area contributed by atoms with Crippen molar-refractivity contribution in [2.75, 3.05) is 0 Å². The third-order valence-corrected chi connectivity index (χ3v) is 4.41. The van der Waals surface area contributed by atoms with E-state index in [1.165, 1.54) is 5.56 Å². The Morgan fingerprint density at radius 3 is 1.94 bits per heavy atom. The molecule has 0 saturated carbocycles. The lowest BCUT2D eigenvalue weighted by atomic mass is 9.86. The first-order valence-corrected chi connectivity index (χ1v) is 7.28. The van der Waals surface area contributed by atoms with Gasteiger partial charge in [0.15, 0.2) is 0 Å². The highest BCUT2D eigenvalue weighted by Crippen LogP contribution is 2.27. The molecular formula is C13H20F2Si. The van der Waals surface area contributed by atoms with Crippen LogP contribution in [0.15, 0.2) is 24.3 Å². The molecule has 1 unspecified atom stereocenters. The zero-order chi connectivity index (χ0) is 12.3. The smallest absolute Gasteiger partial charge is 0.274 e. The Morgan fingerprint density at radius 2 is 1.62 bits per heavy atom. The van der Waals surface area contributed by atoms with Gasteiger partial charge in [-0.15, -0.1) is 0 Å². The van der Waals surface area contributed by atoms with Crippen molar-refractivity contribution < 1.29 is 8.22 Å². The molecule has 3 heteroatoms. The first-order valence-electron chi connectivity index (χ1n) is 5.75. The van der Waals surface area contributed by atoms with Crippen molar-refractivity contribution in [3.63, 3.8) is 0 Å². The van der Waals surface area contributed by atoms with Gasteiger partial charge in [-0.2, -0.15) is 0 Å². The Morgan fingerprint density at radius 1 is 1.12 bits per heavy atom. The fraction of sp³-hybridized carbons (Fsp3) is 0.538. The highest BCUT2D eigenvalue weighted by Gasteiger charge is 2.24. The largest absolute Gasteiger partial charge is 0.418 e. The maximum atomic E-state index is 12.9. The summed E-state index contributed by atoms with van der Waals surface area (Å²) in [5.74, 6) is 0. The van der Waals surface area contributed by atoms with Crippen molar-refractivity contribution in [2.24, 2.45) is 0 Å². The van der Waals surface area contributed by atoms with Crippen molar-refractivity contribution in [3.05, 3.63) is 35.4 Å². The van der Waals surface area contributed by atoms with Gasteiger partial charge in [0.25, 0.3) is 0 Å². The van der Waals surface area contributed by atoms with Gasteiger partial charge in [0.05, 0.1) is 0 Å². The fourth-order valence-corrected chi connectivity index (χ4v) is 2.66. The molecule has 1 aromatic carbocycles. The molecule has 0 amide bonds. The molecule has 0 radical (unpaired) electrons. The molecule has 0 heterocycles. The van der Waals surface area contributed by atoms with E-state index in [1.54, 1.807) is 0 Å². The average molecular weight is 242 g/mol. The van der Waals surface area contributed by atoms with Gasteiger partial charge in [-0.1, -0.05) is 52.0 Å². The van der Waals surface area contributed by atoms with Crippen LogP contribution in [-0.4, -0.2) is 9.46 Å². The van der Waals surface area contributed by atoms with Crippen LogP contribution in [0.1, 0.15) is 50.8 Å². The molecule has 1 rings (SSSR count). The third-order valence-electron chi connectivity index (χ3n) is 2.95. The highest BCUT2D eigenvalue weighted by molar-refractivity contribution is 6.44. The summed E-state index contributed by atoms with van der Waals surface area (Å²) in [7, 11) is -3.57. The molecule has 1 aromatic rings. The van der Waals surface area contributed by atoms with E-state index in [0.717, 1.165) is 5.56 Å². The van der Waals surface area contributed by atoms with E-state index in [9.17, 15) is 8.22 Å². The maximum absolute atomic E-state index is 12.9. The molecule has 0 aromatic heterocycles. The lowest BCUT2D eigenvalue weighted by molar-refractivity contribution is 0.587. The molecule has 0 spiro atoms. The Bertz CT molecular complexity index is 325. The van der Waals surface area contributed by atoms with E-state index in [0.29, 0.717) is 6.42 Å². The van der Waals surface area contributed by atoms with Crippen LogP contribution in [0.4, 0.5) is 8.22 Å². The van der Waals surface area contributed by atoms with Crippen LogP contribution in [-0.2, 0) is 5.41 Å². The van der Waals surface area contributed by atoms with Crippen LogP contribution in [0.3, 0.4) is 0 Å². The minimum Gasteiger partial charge on any atom is -0.274 e. The van der Waals surface area contributed by atoms with Gasteiger partial charge in [-0.25, -0.2) is 0 Å². The molecular weight excluding hydrogens is 222 g/mol. The monoisotopic (exact) mass is 242 g/mol. The number of hydrogen-bond donors (Lipinski definition) is 0. The van der Waals surface area contributed by atoms with Gasteiger partial charge in [0.1, 0.15) is 0 Å².